The SMILES string of the molecule is C=C/C(=C(\C=C/C)SNC(CNCCCCC1=CCC(C)=CC1)c1ccccc1)C(F)(F)F. The smallest absolute Gasteiger partial charge is 0.315 e. The lowest BCUT2D eigenvalue weighted by atomic mass is 9.96. The van der Waals surface area contributed by atoms with E-state index in [0.29, 0.717) is 6.54 Å². The van der Waals surface area contributed by atoms with Crippen molar-refractivity contribution in [3.63, 3.8) is 0 Å². The molecule has 1 atom stereocenters. The molecule has 6 heteroatoms. The maximum atomic E-state index is 13.4. The Morgan fingerprint density at radius 3 is 2.52 bits per heavy atom. The van der Waals surface area contributed by atoms with Crippen LogP contribution in [0.15, 0.2) is 88.9 Å². The van der Waals surface area contributed by atoms with Crippen molar-refractivity contribution in [2.45, 2.75) is 58.2 Å². The Labute approximate surface area is 200 Å². The molecular weight excluding hydrogens is 441 g/mol. The van der Waals surface area contributed by atoms with E-state index in [1.165, 1.54) is 17.2 Å². The Hall–Kier alpha value is -2.02. The highest BCUT2D eigenvalue weighted by Gasteiger charge is 2.34. The summed E-state index contributed by atoms with van der Waals surface area (Å²) in [5, 5.41) is 3.47. The van der Waals surface area contributed by atoms with Crippen LogP contribution in [0.1, 0.15) is 57.6 Å². The molecule has 0 bridgehead atoms. The Kier molecular flexibility index (Phi) is 11.8. The summed E-state index contributed by atoms with van der Waals surface area (Å²) in [6, 6.07) is 9.66. The number of unbranched alkanes of at least 4 members (excludes halogenated alkanes) is 1. The lowest BCUT2D eigenvalue weighted by Gasteiger charge is -2.21. The molecular formula is C27H35F3N2S. The molecule has 1 aliphatic rings. The monoisotopic (exact) mass is 476 g/mol. The van der Waals surface area contributed by atoms with E-state index in [1.54, 1.807) is 13.0 Å². The first-order valence-corrected chi connectivity index (χ1v) is 12.2. The maximum Gasteiger partial charge on any atom is 0.417 e. The summed E-state index contributed by atoms with van der Waals surface area (Å²) in [6.45, 7) is 8.73. The molecule has 1 unspecified atom stereocenters. The van der Waals surface area contributed by atoms with Gasteiger partial charge in [0.05, 0.1) is 11.6 Å². The van der Waals surface area contributed by atoms with Gasteiger partial charge >= 0.3 is 6.18 Å². The van der Waals surface area contributed by atoms with Crippen molar-refractivity contribution in [1.29, 1.82) is 0 Å². The molecule has 33 heavy (non-hydrogen) atoms. The van der Waals surface area contributed by atoms with Crippen molar-refractivity contribution >= 4 is 11.9 Å². The van der Waals surface area contributed by atoms with Crippen LogP contribution < -0.4 is 10.0 Å². The van der Waals surface area contributed by atoms with Gasteiger partial charge in [0.25, 0.3) is 0 Å². The van der Waals surface area contributed by atoms with Gasteiger partial charge in [0.2, 0.25) is 0 Å². The predicted octanol–water partition coefficient (Wildman–Crippen LogP) is 7.97. The molecule has 2 rings (SSSR count). The predicted molar refractivity (Wildman–Crippen MR) is 136 cm³/mol. The van der Waals surface area contributed by atoms with Gasteiger partial charge in [0.1, 0.15) is 0 Å². The fraction of sp³-hybridized carbons (Fsp3) is 0.407. The highest BCUT2D eigenvalue weighted by Crippen LogP contribution is 2.34. The van der Waals surface area contributed by atoms with E-state index in [-0.39, 0.29) is 10.9 Å². The molecule has 0 aromatic heterocycles. The summed E-state index contributed by atoms with van der Waals surface area (Å²) in [5.41, 5.74) is 3.26. The second-order valence-corrected chi connectivity index (χ2v) is 9.02. The minimum atomic E-state index is -4.45. The number of allylic oxidation sites excluding steroid dienone is 8. The van der Waals surface area contributed by atoms with E-state index >= 15 is 0 Å². The van der Waals surface area contributed by atoms with Crippen molar-refractivity contribution in [1.82, 2.24) is 10.0 Å². The van der Waals surface area contributed by atoms with Crippen LogP contribution >= 0.6 is 11.9 Å². The quantitative estimate of drug-likeness (QED) is 0.131. The van der Waals surface area contributed by atoms with Gasteiger partial charge in [-0.3, -0.25) is 4.72 Å². The van der Waals surface area contributed by atoms with Gasteiger partial charge in [0, 0.05) is 11.4 Å². The summed E-state index contributed by atoms with van der Waals surface area (Å²) in [4.78, 5) is 0.103. The van der Waals surface area contributed by atoms with E-state index in [9.17, 15) is 13.2 Å². The third-order valence-corrected chi connectivity index (χ3v) is 6.46. The first-order chi connectivity index (χ1) is 15.8. The number of nitrogens with one attached hydrogen (secondary N) is 2. The van der Waals surface area contributed by atoms with Crippen LogP contribution in [0.3, 0.4) is 0 Å². The average Bonchev–Trinajstić information content (AvgIpc) is 2.79. The average molecular weight is 477 g/mol. The molecule has 2 N–H and O–H groups in total. The molecule has 0 fully saturated rings. The van der Waals surface area contributed by atoms with Gasteiger partial charge in [-0.1, -0.05) is 78.4 Å². The van der Waals surface area contributed by atoms with Gasteiger partial charge in [-0.2, -0.15) is 13.2 Å². The van der Waals surface area contributed by atoms with Gasteiger partial charge < -0.3 is 5.32 Å². The van der Waals surface area contributed by atoms with Crippen molar-refractivity contribution in [3.8, 4) is 0 Å². The van der Waals surface area contributed by atoms with Gasteiger partial charge in [0.15, 0.2) is 0 Å². The van der Waals surface area contributed by atoms with Crippen LogP contribution in [0.5, 0.6) is 0 Å². The Bertz CT molecular complexity index is 867. The van der Waals surface area contributed by atoms with E-state index in [1.807, 2.05) is 30.3 Å². The molecule has 0 saturated carbocycles. The normalized spacial score (nSPS) is 16.3. The lowest BCUT2D eigenvalue weighted by molar-refractivity contribution is -0.0883. The Morgan fingerprint density at radius 1 is 1.15 bits per heavy atom. The molecule has 1 aromatic rings. The topological polar surface area (TPSA) is 24.1 Å². The number of benzene rings is 1. The van der Waals surface area contributed by atoms with Gasteiger partial charge in [-0.05, 0) is 70.0 Å². The summed E-state index contributed by atoms with van der Waals surface area (Å²) in [7, 11) is 0. The minimum Gasteiger partial charge on any atom is -0.315 e. The van der Waals surface area contributed by atoms with Crippen LogP contribution in [0.4, 0.5) is 13.2 Å². The first-order valence-electron chi connectivity index (χ1n) is 11.4. The van der Waals surface area contributed by atoms with Crippen molar-refractivity contribution in [2.24, 2.45) is 0 Å². The number of hydrogen-bond acceptors (Lipinski definition) is 3. The fourth-order valence-electron chi connectivity index (χ4n) is 3.56. The highest BCUT2D eigenvalue weighted by atomic mass is 32.2. The van der Waals surface area contributed by atoms with Crippen molar-refractivity contribution in [3.05, 3.63) is 94.5 Å². The largest absolute Gasteiger partial charge is 0.417 e. The van der Waals surface area contributed by atoms with Crippen molar-refractivity contribution in [2.75, 3.05) is 13.1 Å². The zero-order valence-corrected chi connectivity index (χ0v) is 20.4. The summed E-state index contributed by atoms with van der Waals surface area (Å²) in [5.74, 6) is 0. The fourth-order valence-corrected chi connectivity index (χ4v) is 4.57. The van der Waals surface area contributed by atoms with Crippen LogP contribution in [0, 0.1) is 0 Å². The number of halogens is 3. The van der Waals surface area contributed by atoms with Crippen LogP contribution in [0.2, 0.25) is 0 Å². The van der Waals surface area contributed by atoms with Gasteiger partial charge in [-0.25, -0.2) is 0 Å². The van der Waals surface area contributed by atoms with E-state index in [2.05, 4.69) is 35.7 Å². The standard InChI is InChI=1S/C27H35F3N2S/c1-4-11-26(24(5-2)27(28,29)30)33-32-25(23-13-7-6-8-14-23)20-31-19-10-9-12-22-17-15-21(3)16-18-22/h4-8,11,13-15,18,25,31-32H,2,9-10,12,16-17,19-20H2,1,3H3/b11-4-,26-24-. The first kappa shape index (κ1) is 27.2. The third kappa shape index (κ3) is 9.78. The van der Waals surface area contributed by atoms with Crippen LogP contribution in [-0.2, 0) is 0 Å². The van der Waals surface area contributed by atoms with Gasteiger partial charge in [-0.15, -0.1) is 0 Å². The summed E-state index contributed by atoms with van der Waals surface area (Å²) < 4.78 is 43.4. The molecule has 1 aliphatic carbocycles. The lowest BCUT2D eigenvalue weighted by Crippen LogP contribution is -2.29. The number of alkyl halides is 3. The third-order valence-electron chi connectivity index (χ3n) is 5.48. The summed E-state index contributed by atoms with van der Waals surface area (Å²) >= 11 is 0.994. The van der Waals surface area contributed by atoms with E-state index in [4.69, 9.17) is 0 Å². The number of rotatable bonds is 13. The highest BCUT2D eigenvalue weighted by molar-refractivity contribution is 8.01. The summed E-state index contributed by atoms with van der Waals surface area (Å²) in [6.07, 6.45) is 9.62. The zero-order valence-electron chi connectivity index (χ0n) is 19.5. The van der Waals surface area contributed by atoms with Crippen molar-refractivity contribution < 1.29 is 13.2 Å². The maximum absolute atomic E-state index is 13.4. The Balaban J connectivity index is 1.91. The molecule has 0 heterocycles. The molecule has 2 nitrogen and oxygen atoms in total. The second kappa shape index (κ2) is 14.3. The van der Waals surface area contributed by atoms with E-state index in [0.717, 1.165) is 62.2 Å². The second-order valence-electron chi connectivity index (χ2n) is 8.15. The zero-order chi connectivity index (χ0) is 24.1. The molecule has 0 amide bonds. The molecule has 0 aliphatic heterocycles. The molecule has 0 spiro atoms. The molecule has 0 saturated heterocycles. The molecule has 0 radical (unpaired) electrons. The minimum absolute atomic E-state index is 0.103. The van der Waals surface area contributed by atoms with Crippen LogP contribution in [0.25, 0.3) is 0 Å². The number of hydrogen-bond donors (Lipinski definition) is 2. The Morgan fingerprint density at radius 2 is 1.91 bits per heavy atom. The molecule has 1 aromatic carbocycles. The van der Waals surface area contributed by atoms with E-state index < -0.39 is 11.7 Å². The van der Waals surface area contributed by atoms with Crippen LogP contribution in [-0.4, -0.2) is 19.3 Å². The molecule has 180 valence electrons.